The van der Waals surface area contributed by atoms with Crippen molar-refractivity contribution in [2.45, 2.75) is 51.1 Å². The van der Waals surface area contributed by atoms with Crippen LogP contribution < -0.4 is 5.73 Å². The summed E-state index contributed by atoms with van der Waals surface area (Å²) < 4.78 is 0. The van der Waals surface area contributed by atoms with Gasteiger partial charge in [0.1, 0.15) is 0 Å². The van der Waals surface area contributed by atoms with E-state index in [2.05, 4.69) is 49.2 Å². The molecule has 0 spiro atoms. The first kappa shape index (κ1) is 14.5. The minimum atomic E-state index is 0.469. The highest BCUT2D eigenvalue weighted by atomic mass is 15.2. The molecular formula is C17H28N2. The van der Waals surface area contributed by atoms with Crippen molar-refractivity contribution in [3.8, 4) is 0 Å². The van der Waals surface area contributed by atoms with Crippen LogP contribution in [-0.2, 0) is 0 Å². The largest absolute Gasteiger partial charge is 0.330 e. The zero-order chi connectivity index (χ0) is 13.7. The summed E-state index contributed by atoms with van der Waals surface area (Å²) in [6.07, 6.45) is 6.54. The highest BCUT2D eigenvalue weighted by Crippen LogP contribution is 2.33. The van der Waals surface area contributed by atoms with Crippen molar-refractivity contribution in [3.05, 3.63) is 35.9 Å². The molecule has 0 aromatic heterocycles. The summed E-state index contributed by atoms with van der Waals surface area (Å²) in [5.41, 5.74) is 7.25. The Kier molecular flexibility index (Phi) is 5.41. The number of nitrogens with zero attached hydrogens (tertiary/aromatic N) is 1. The highest BCUT2D eigenvalue weighted by Gasteiger charge is 2.29. The van der Waals surface area contributed by atoms with Crippen LogP contribution in [0.1, 0.15) is 50.6 Å². The van der Waals surface area contributed by atoms with Crippen LogP contribution in [0.2, 0.25) is 0 Å². The fraction of sp³-hybridized carbons (Fsp3) is 0.647. The lowest BCUT2D eigenvalue weighted by atomic mass is 9.83. The molecular weight excluding hydrogens is 232 g/mol. The Labute approximate surface area is 118 Å². The van der Waals surface area contributed by atoms with E-state index in [1.165, 1.54) is 31.2 Å². The van der Waals surface area contributed by atoms with E-state index >= 15 is 0 Å². The molecule has 0 radical (unpaired) electrons. The molecule has 2 rings (SSSR count). The molecule has 1 aromatic carbocycles. The van der Waals surface area contributed by atoms with Gasteiger partial charge in [0.15, 0.2) is 0 Å². The molecule has 3 unspecified atom stereocenters. The maximum Gasteiger partial charge on any atom is 0.0360 e. The lowest BCUT2D eigenvalue weighted by Gasteiger charge is -2.41. The monoisotopic (exact) mass is 260 g/mol. The maximum absolute atomic E-state index is 5.84. The quantitative estimate of drug-likeness (QED) is 0.876. The van der Waals surface area contributed by atoms with E-state index in [1.54, 1.807) is 0 Å². The third kappa shape index (κ3) is 3.58. The maximum atomic E-state index is 5.84. The topological polar surface area (TPSA) is 29.3 Å². The van der Waals surface area contributed by atoms with Gasteiger partial charge in [0.2, 0.25) is 0 Å². The molecule has 1 aliphatic carbocycles. The molecule has 2 N–H and O–H groups in total. The van der Waals surface area contributed by atoms with E-state index in [0.29, 0.717) is 12.1 Å². The van der Waals surface area contributed by atoms with Gasteiger partial charge in [0.05, 0.1) is 0 Å². The van der Waals surface area contributed by atoms with Gasteiger partial charge in [-0.25, -0.2) is 0 Å². The van der Waals surface area contributed by atoms with Crippen LogP contribution in [0.3, 0.4) is 0 Å². The van der Waals surface area contributed by atoms with Crippen LogP contribution in [-0.4, -0.2) is 24.5 Å². The first-order chi connectivity index (χ1) is 9.24. The molecule has 0 bridgehead atoms. The molecule has 2 heteroatoms. The summed E-state index contributed by atoms with van der Waals surface area (Å²) in [4.78, 5) is 2.59. The van der Waals surface area contributed by atoms with Crippen molar-refractivity contribution < 1.29 is 0 Å². The predicted octanol–water partition coefficient (Wildman–Crippen LogP) is 3.59. The minimum absolute atomic E-state index is 0.469. The van der Waals surface area contributed by atoms with E-state index in [-0.39, 0.29) is 0 Å². The second kappa shape index (κ2) is 7.06. The summed E-state index contributed by atoms with van der Waals surface area (Å²) in [6, 6.07) is 12.0. The molecule has 0 amide bonds. The summed E-state index contributed by atoms with van der Waals surface area (Å²) in [7, 11) is 2.29. The summed E-state index contributed by atoms with van der Waals surface area (Å²) >= 11 is 0. The van der Waals surface area contributed by atoms with Gasteiger partial charge in [0.25, 0.3) is 0 Å². The van der Waals surface area contributed by atoms with Gasteiger partial charge in [-0.2, -0.15) is 0 Å². The van der Waals surface area contributed by atoms with Gasteiger partial charge in [-0.15, -0.1) is 0 Å². The number of nitrogens with two attached hydrogens (primary N) is 1. The Hall–Kier alpha value is -0.860. The zero-order valence-corrected chi connectivity index (χ0v) is 12.4. The molecule has 1 aliphatic rings. The van der Waals surface area contributed by atoms with Crippen LogP contribution in [0, 0.1) is 5.92 Å². The normalized spacial score (nSPS) is 25.5. The van der Waals surface area contributed by atoms with Crippen molar-refractivity contribution >= 4 is 0 Å². The van der Waals surface area contributed by atoms with Crippen molar-refractivity contribution in [1.82, 2.24) is 4.90 Å². The standard InChI is InChI=1S/C17H28N2/c1-14-8-6-7-11-16(14)19(2)17(12-13-18)15-9-4-3-5-10-15/h3-5,9-10,14,16-17H,6-8,11-13,18H2,1-2H3. The lowest BCUT2D eigenvalue weighted by molar-refractivity contribution is 0.0927. The summed E-state index contributed by atoms with van der Waals surface area (Å²) in [5.74, 6) is 0.808. The number of rotatable bonds is 5. The molecule has 1 saturated carbocycles. The smallest absolute Gasteiger partial charge is 0.0360 e. The minimum Gasteiger partial charge on any atom is -0.330 e. The Morgan fingerprint density at radius 1 is 1.21 bits per heavy atom. The van der Waals surface area contributed by atoms with Crippen LogP contribution in [0.25, 0.3) is 0 Å². The second-order valence-electron chi connectivity index (χ2n) is 6.00. The van der Waals surface area contributed by atoms with E-state index < -0.39 is 0 Å². The van der Waals surface area contributed by atoms with E-state index in [4.69, 9.17) is 5.73 Å². The third-order valence-electron chi connectivity index (χ3n) is 4.71. The average Bonchev–Trinajstić information content (AvgIpc) is 2.45. The fourth-order valence-corrected chi connectivity index (χ4v) is 3.57. The van der Waals surface area contributed by atoms with Crippen LogP contribution in [0.4, 0.5) is 0 Å². The first-order valence-corrected chi connectivity index (χ1v) is 7.71. The SMILES string of the molecule is CC1CCCCC1N(C)C(CCN)c1ccccc1. The highest BCUT2D eigenvalue weighted by molar-refractivity contribution is 5.19. The molecule has 0 heterocycles. The Morgan fingerprint density at radius 3 is 2.53 bits per heavy atom. The third-order valence-corrected chi connectivity index (χ3v) is 4.71. The van der Waals surface area contributed by atoms with Gasteiger partial charge < -0.3 is 5.73 Å². The first-order valence-electron chi connectivity index (χ1n) is 7.71. The summed E-state index contributed by atoms with van der Waals surface area (Å²) in [6.45, 7) is 3.16. The Bertz CT molecular complexity index is 363. The molecule has 1 fully saturated rings. The van der Waals surface area contributed by atoms with Crippen LogP contribution >= 0.6 is 0 Å². The average molecular weight is 260 g/mol. The molecule has 3 atom stereocenters. The molecule has 2 nitrogen and oxygen atoms in total. The molecule has 1 aromatic rings. The summed E-state index contributed by atoms with van der Waals surface area (Å²) in [5, 5.41) is 0. The Morgan fingerprint density at radius 2 is 1.89 bits per heavy atom. The van der Waals surface area contributed by atoms with Crippen LogP contribution in [0.5, 0.6) is 0 Å². The fourth-order valence-electron chi connectivity index (χ4n) is 3.57. The van der Waals surface area contributed by atoms with E-state index in [0.717, 1.165) is 18.9 Å². The molecule has 0 aliphatic heterocycles. The molecule has 106 valence electrons. The van der Waals surface area contributed by atoms with Gasteiger partial charge in [0, 0.05) is 12.1 Å². The van der Waals surface area contributed by atoms with Crippen molar-refractivity contribution in [3.63, 3.8) is 0 Å². The number of hydrogen-bond acceptors (Lipinski definition) is 2. The molecule has 0 saturated heterocycles. The lowest BCUT2D eigenvalue weighted by Crippen LogP contribution is -2.41. The Balaban J connectivity index is 2.14. The second-order valence-corrected chi connectivity index (χ2v) is 6.00. The van der Waals surface area contributed by atoms with Gasteiger partial charge in [-0.1, -0.05) is 50.1 Å². The van der Waals surface area contributed by atoms with Gasteiger partial charge in [-0.05, 0) is 44.3 Å². The van der Waals surface area contributed by atoms with Crippen LogP contribution in [0.15, 0.2) is 30.3 Å². The number of benzene rings is 1. The predicted molar refractivity (Wildman–Crippen MR) is 82.0 cm³/mol. The van der Waals surface area contributed by atoms with Crippen molar-refractivity contribution in [1.29, 1.82) is 0 Å². The number of hydrogen-bond donors (Lipinski definition) is 1. The van der Waals surface area contributed by atoms with Gasteiger partial charge in [-0.3, -0.25) is 4.90 Å². The van der Waals surface area contributed by atoms with E-state index in [9.17, 15) is 0 Å². The molecule has 19 heavy (non-hydrogen) atoms. The van der Waals surface area contributed by atoms with Gasteiger partial charge >= 0.3 is 0 Å². The zero-order valence-electron chi connectivity index (χ0n) is 12.4. The van der Waals surface area contributed by atoms with Crippen molar-refractivity contribution in [2.24, 2.45) is 11.7 Å². The van der Waals surface area contributed by atoms with E-state index in [1.807, 2.05) is 0 Å². The van der Waals surface area contributed by atoms with Crippen molar-refractivity contribution in [2.75, 3.05) is 13.6 Å².